The highest BCUT2D eigenvalue weighted by atomic mass is 32.1. The summed E-state index contributed by atoms with van der Waals surface area (Å²) < 4.78 is 4.54. The van der Waals surface area contributed by atoms with Gasteiger partial charge < -0.3 is 4.74 Å². The van der Waals surface area contributed by atoms with Crippen molar-refractivity contribution in [3.8, 4) is 0 Å². The maximum absolute atomic E-state index is 11.1. The van der Waals surface area contributed by atoms with Crippen molar-refractivity contribution in [1.82, 2.24) is 0 Å². The third kappa shape index (κ3) is 2.59. The molecule has 0 spiro atoms. The quantitative estimate of drug-likeness (QED) is 0.494. The van der Waals surface area contributed by atoms with Crippen molar-refractivity contribution >= 4 is 29.5 Å². The van der Waals surface area contributed by atoms with Crippen LogP contribution in [0.4, 0.5) is 0 Å². The topological polar surface area (TPSA) is 38.7 Å². The molecule has 0 aromatic rings. The summed E-state index contributed by atoms with van der Waals surface area (Å²) in [6.07, 6.45) is 5.89. The van der Waals surface area contributed by atoms with Gasteiger partial charge >= 0.3 is 5.97 Å². The van der Waals surface area contributed by atoms with Crippen LogP contribution in [-0.2, 0) is 9.53 Å². The van der Waals surface area contributed by atoms with Gasteiger partial charge in [-0.2, -0.15) is 0 Å². The van der Waals surface area contributed by atoms with Crippen molar-refractivity contribution in [2.75, 3.05) is 7.05 Å². The van der Waals surface area contributed by atoms with Crippen LogP contribution in [-0.4, -0.2) is 24.3 Å². The molecule has 1 aliphatic carbocycles. The second-order valence-electron chi connectivity index (χ2n) is 2.41. The van der Waals surface area contributed by atoms with Gasteiger partial charge in [0.15, 0.2) is 5.55 Å². The second kappa shape index (κ2) is 4.67. The molecule has 1 aliphatic rings. The second-order valence-corrected chi connectivity index (χ2v) is 2.61. The fourth-order valence-corrected chi connectivity index (χ4v) is 1.05. The van der Waals surface area contributed by atoms with E-state index in [9.17, 15) is 4.79 Å². The molecule has 0 bridgehead atoms. The third-order valence-electron chi connectivity index (χ3n) is 1.66. The number of nitrogens with zero attached hydrogens (tertiary/aromatic N) is 1. The molecule has 0 saturated carbocycles. The van der Waals surface area contributed by atoms with Crippen LogP contribution in [0.2, 0.25) is 0 Å². The monoisotopic (exact) mass is 195 g/mol. The predicted octanol–water partition coefficient (Wildman–Crippen LogP) is 1.44. The van der Waals surface area contributed by atoms with E-state index in [4.69, 9.17) is 0 Å². The Hall–Kier alpha value is -1.29. The average molecular weight is 195 g/mol. The molecule has 0 atom stereocenters. The number of hydrogen-bond acceptors (Lipinski definition) is 4. The van der Waals surface area contributed by atoms with E-state index in [-0.39, 0.29) is 0 Å². The fraction of sp³-hybridized carbons (Fsp3) is 0.222. The van der Waals surface area contributed by atoms with Gasteiger partial charge in [0.25, 0.3) is 0 Å². The third-order valence-corrected chi connectivity index (χ3v) is 1.76. The lowest BCUT2D eigenvalue weighted by Crippen LogP contribution is -2.08. The van der Waals surface area contributed by atoms with E-state index >= 15 is 0 Å². The molecule has 13 heavy (non-hydrogen) atoms. The number of carbonyl (C=O) groups is 1. The van der Waals surface area contributed by atoms with Gasteiger partial charge in [-0.3, -0.25) is 4.99 Å². The Kier molecular flexibility index (Phi) is 3.52. The molecule has 68 valence electrons. The van der Waals surface area contributed by atoms with Gasteiger partial charge in [-0.25, -0.2) is 4.79 Å². The van der Waals surface area contributed by atoms with Crippen molar-refractivity contribution in [3.05, 3.63) is 23.8 Å². The summed E-state index contributed by atoms with van der Waals surface area (Å²) in [4.78, 5) is 15.1. The molecule has 0 aliphatic heterocycles. The standard InChI is InChI=1S/C9H9NO2S/c1-10-8-4-2-7(3-5-8)9(11)12-6-13/h2-4,6H,5H2,1H3. The van der Waals surface area contributed by atoms with Crippen LogP contribution in [0.1, 0.15) is 6.42 Å². The van der Waals surface area contributed by atoms with Crippen LogP contribution < -0.4 is 0 Å². The maximum Gasteiger partial charge on any atom is 0.343 e. The molecule has 0 unspecified atom stereocenters. The van der Waals surface area contributed by atoms with Gasteiger partial charge in [-0.15, -0.1) is 0 Å². The molecule has 3 nitrogen and oxygen atoms in total. The number of esters is 1. The van der Waals surface area contributed by atoms with Crippen molar-refractivity contribution in [2.24, 2.45) is 4.99 Å². The number of carbonyl (C=O) groups excluding carboxylic acids is 1. The number of hydrogen-bond donors (Lipinski definition) is 0. The molecule has 0 aromatic carbocycles. The Morgan fingerprint density at radius 2 is 2.46 bits per heavy atom. The molecule has 4 heteroatoms. The summed E-state index contributed by atoms with van der Waals surface area (Å²) in [6, 6.07) is 0. The smallest absolute Gasteiger partial charge is 0.343 e. The highest BCUT2D eigenvalue weighted by molar-refractivity contribution is 7.78. The summed E-state index contributed by atoms with van der Waals surface area (Å²) in [5.74, 6) is -0.415. The Labute approximate surface area is 81.8 Å². The predicted molar refractivity (Wildman–Crippen MR) is 54.9 cm³/mol. The van der Waals surface area contributed by atoms with Gasteiger partial charge in [-0.1, -0.05) is 6.08 Å². The molecule has 0 radical (unpaired) electrons. The lowest BCUT2D eigenvalue weighted by molar-refractivity contribution is -0.130. The summed E-state index contributed by atoms with van der Waals surface area (Å²) >= 11 is 4.40. The van der Waals surface area contributed by atoms with E-state index in [0.29, 0.717) is 12.0 Å². The fourth-order valence-electron chi connectivity index (χ4n) is 0.966. The summed E-state index contributed by atoms with van der Waals surface area (Å²) in [6.45, 7) is 0. The first kappa shape index (κ1) is 9.80. The molecular formula is C9H9NO2S. The minimum absolute atomic E-state index is 0.415. The van der Waals surface area contributed by atoms with Crippen molar-refractivity contribution in [3.63, 3.8) is 0 Å². The zero-order valence-electron chi connectivity index (χ0n) is 7.19. The van der Waals surface area contributed by atoms with Crippen molar-refractivity contribution in [2.45, 2.75) is 6.42 Å². The minimum Gasteiger partial charge on any atom is -0.419 e. The van der Waals surface area contributed by atoms with Gasteiger partial charge in [0.1, 0.15) is 0 Å². The van der Waals surface area contributed by atoms with Gasteiger partial charge in [0.2, 0.25) is 0 Å². The summed E-state index contributed by atoms with van der Waals surface area (Å²) in [5.41, 5.74) is 2.42. The van der Waals surface area contributed by atoms with Crippen molar-refractivity contribution < 1.29 is 9.53 Å². The molecule has 0 amide bonds. The van der Waals surface area contributed by atoms with Gasteiger partial charge in [-0.05, 0) is 24.4 Å². The number of thiocarbonyl (C=S) groups is 1. The zero-order valence-corrected chi connectivity index (χ0v) is 8.00. The lowest BCUT2D eigenvalue weighted by Gasteiger charge is -2.05. The number of aliphatic imine (C=N–C) groups is 1. The van der Waals surface area contributed by atoms with E-state index in [1.165, 1.54) is 0 Å². The molecular weight excluding hydrogens is 186 g/mol. The molecule has 0 saturated heterocycles. The molecule has 0 heterocycles. The van der Waals surface area contributed by atoms with E-state index in [1.54, 1.807) is 25.3 Å². The minimum atomic E-state index is -0.415. The van der Waals surface area contributed by atoms with Crippen LogP contribution >= 0.6 is 12.2 Å². The highest BCUT2D eigenvalue weighted by Gasteiger charge is 2.10. The average Bonchev–Trinajstić information content (AvgIpc) is 2.18. The normalized spacial score (nSPS) is 18.2. The molecule has 0 aromatic heterocycles. The van der Waals surface area contributed by atoms with E-state index in [2.05, 4.69) is 21.9 Å². The van der Waals surface area contributed by atoms with Gasteiger partial charge in [0.05, 0.1) is 5.57 Å². The van der Waals surface area contributed by atoms with Crippen LogP contribution in [0.3, 0.4) is 0 Å². The van der Waals surface area contributed by atoms with E-state index < -0.39 is 5.97 Å². The zero-order chi connectivity index (χ0) is 9.68. The van der Waals surface area contributed by atoms with Crippen LogP contribution in [0.5, 0.6) is 0 Å². The number of rotatable bonds is 2. The lowest BCUT2D eigenvalue weighted by atomic mass is 10.1. The van der Waals surface area contributed by atoms with E-state index in [0.717, 1.165) is 11.3 Å². The number of ether oxygens (including phenoxy) is 1. The molecule has 0 fully saturated rings. The highest BCUT2D eigenvalue weighted by Crippen LogP contribution is 2.09. The van der Waals surface area contributed by atoms with Crippen LogP contribution in [0, 0.1) is 0 Å². The SMILES string of the molecule is CN=C1C=CC(C(=O)OC=S)=CC1. The van der Waals surface area contributed by atoms with Crippen LogP contribution in [0.15, 0.2) is 28.8 Å². The van der Waals surface area contributed by atoms with Crippen LogP contribution in [0.25, 0.3) is 0 Å². The Balaban J connectivity index is 2.67. The first-order valence-electron chi connectivity index (χ1n) is 3.76. The Morgan fingerprint density at radius 1 is 1.69 bits per heavy atom. The Bertz CT molecular complexity index is 316. The largest absolute Gasteiger partial charge is 0.419 e. The first-order chi connectivity index (χ1) is 6.27. The molecule has 0 N–H and O–H groups in total. The summed E-state index contributed by atoms with van der Waals surface area (Å²) in [5, 5.41) is 0. The summed E-state index contributed by atoms with van der Waals surface area (Å²) in [7, 11) is 1.72. The number of allylic oxidation sites excluding steroid dienone is 2. The van der Waals surface area contributed by atoms with Crippen molar-refractivity contribution in [1.29, 1.82) is 0 Å². The maximum atomic E-state index is 11.1. The first-order valence-corrected chi connectivity index (χ1v) is 4.23. The van der Waals surface area contributed by atoms with E-state index in [1.807, 2.05) is 0 Å². The molecule has 1 rings (SSSR count). The van der Waals surface area contributed by atoms with Gasteiger partial charge in [0, 0.05) is 19.2 Å². The Morgan fingerprint density at radius 3 is 2.92 bits per heavy atom.